The highest BCUT2D eigenvalue weighted by Gasteiger charge is 2.34. The number of hydrogen-bond acceptors (Lipinski definition) is 2. The van der Waals surface area contributed by atoms with Gasteiger partial charge in [-0.05, 0) is 49.7 Å². The van der Waals surface area contributed by atoms with Crippen LogP contribution in [-0.2, 0) is 9.84 Å². The lowest BCUT2D eigenvalue weighted by atomic mass is 10.1. The first kappa shape index (κ1) is 15.6. The van der Waals surface area contributed by atoms with Crippen LogP contribution in [0.5, 0.6) is 0 Å². The molecule has 3 nitrogen and oxygen atoms in total. The molecule has 5 heteroatoms. The van der Waals surface area contributed by atoms with E-state index < -0.39 is 15.2 Å². The van der Waals surface area contributed by atoms with Crippen LogP contribution >= 0.6 is 11.6 Å². The zero-order chi connectivity index (χ0) is 15.6. The van der Waals surface area contributed by atoms with E-state index >= 15 is 0 Å². The Morgan fingerprint density at radius 2 is 1.71 bits per heavy atom. The van der Waals surface area contributed by atoms with Crippen molar-refractivity contribution in [3.8, 4) is 0 Å². The second-order valence-electron chi connectivity index (χ2n) is 4.85. The van der Waals surface area contributed by atoms with Crippen LogP contribution in [0.4, 0.5) is 0 Å². The molecule has 0 saturated carbocycles. The second-order valence-corrected chi connectivity index (χ2v) is 7.26. The third-order valence-electron chi connectivity index (χ3n) is 3.23. The van der Waals surface area contributed by atoms with Gasteiger partial charge in [-0.15, -0.1) is 0 Å². The highest BCUT2D eigenvalue weighted by atomic mass is 35.5. The summed E-state index contributed by atoms with van der Waals surface area (Å²) in [7, 11) is -3.75. The molecule has 2 rings (SSSR count). The Bertz CT molecular complexity index is 805. The van der Waals surface area contributed by atoms with Crippen molar-refractivity contribution in [1.82, 2.24) is 0 Å². The molecule has 0 aromatic heterocycles. The lowest BCUT2D eigenvalue weighted by Crippen LogP contribution is -2.11. The fourth-order valence-corrected chi connectivity index (χ4v) is 3.54. The van der Waals surface area contributed by atoms with Gasteiger partial charge in [0, 0.05) is 5.02 Å². The Kier molecular flexibility index (Phi) is 4.36. The maximum Gasteiger partial charge on any atom is 0.350 e. The van der Waals surface area contributed by atoms with Crippen molar-refractivity contribution in [3.05, 3.63) is 75.6 Å². The van der Waals surface area contributed by atoms with Gasteiger partial charge < -0.3 is 0 Å². The molecule has 0 bridgehead atoms. The first-order valence-electron chi connectivity index (χ1n) is 6.29. The van der Waals surface area contributed by atoms with Crippen molar-refractivity contribution in [2.24, 2.45) is 0 Å². The Labute approximate surface area is 129 Å². The Morgan fingerprint density at radius 1 is 1.10 bits per heavy atom. The van der Waals surface area contributed by atoms with Crippen LogP contribution in [0.2, 0.25) is 5.02 Å². The van der Waals surface area contributed by atoms with Crippen molar-refractivity contribution in [1.29, 1.82) is 0 Å². The van der Waals surface area contributed by atoms with Crippen LogP contribution < -0.4 is 0 Å². The number of nitrogens with zero attached hydrogens (tertiary/aromatic N) is 1. The summed E-state index contributed by atoms with van der Waals surface area (Å²) in [5.74, 6) is 0. The fraction of sp³-hybridized carbons (Fsp3) is 0.188. The number of hydrogen-bond donors (Lipinski definition) is 0. The average Bonchev–Trinajstić information content (AvgIpc) is 2.44. The predicted octanol–water partition coefficient (Wildman–Crippen LogP) is 4.35. The molecule has 0 saturated heterocycles. The van der Waals surface area contributed by atoms with E-state index in [9.17, 15) is 8.42 Å². The predicted molar refractivity (Wildman–Crippen MR) is 83.9 cm³/mol. The Balaban J connectivity index is 2.52. The summed E-state index contributed by atoms with van der Waals surface area (Å²) in [4.78, 5) is 3.47. The molecule has 0 heterocycles. The average molecular weight is 320 g/mol. The van der Waals surface area contributed by atoms with Crippen molar-refractivity contribution >= 4 is 21.4 Å². The highest BCUT2D eigenvalue weighted by Crippen LogP contribution is 2.32. The van der Waals surface area contributed by atoms with Crippen LogP contribution in [-0.4, -0.2) is 8.42 Å². The molecule has 0 radical (unpaired) electrons. The van der Waals surface area contributed by atoms with E-state index in [1.165, 1.54) is 12.1 Å². The van der Waals surface area contributed by atoms with Gasteiger partial charge in [0.1, 0.15) is 0 Å². The fourth-order valence-electron chi connectivity index (χ4n) is 2.00. The number of aryl methyl sites for hydroxylation is 2. The minimum Gasteiger partial charge on any atom is -0.291 e. The third kappa shape index (κ3) is 3.10. The van der Waals surface area contributed by atoms with Gasteiger partial charge in [0.25, 0.3) is 9.84 Å². The first-order chi connectivity index (χ1) is 9.86. The number of benzene rings is 2. The van der Waals surface area contributed by atoms with Gasteiger partial charge in [-0.25, -0.2) is 15.0 Å². The zero-order valence-electron chi connectivity index (χ0n) is 11.7. The Morgan fingerprint density at radius 3 is 2.24 bits per heavy atom. The summed E-state index contributed by atoms with van der Waals surface area (Å²) >= 11 is 5.95. The van der Waals surface area contributed by atoms with E-state index in [1.807, 2.05) is 6.92 Å². The number of halogens is 1. The van der Waals surface area contributed by atoms with Crippen LogP contribution in [0.25, 0.3) is 4.85 Å². The summed E-state index contributed by atoms with van der Waals surface area (Å²) in [5.41, 5.74) is 2.16. The van der Waals surface area contributed by atoms with Crippen molar-refractivity contribution < 1.29 is 8.42 Å². The summed E-state index contributed by atoms with van der Waals surface area (Å²) in [6, 6.07) is 11.4. The largest absolute Gasteiger partial charge is 0.350 e. The maximum absolute atomic E-state index is 12.6. The summed E-state index contributed by atoms with van der Waals surface area (Å²) in [5, 5.41) is -0.702. The number of sulfone groups is 1. The lowest BCUT2D eigenvalue weighted by molar-refractivity contribution is 0.590. The van der Waals surface area contributed by atoms with E-state index in [-0.39, 0.29) is 4.90 Å². The van der Waals surface area contributed by atoms with Gasteiger partial charge in [-0.1, -0.05) is 29.3 Å². The van der Waals surface area contributed by atoms with Crippen molar-refractivity contribution in [2.45, 2.75) is 24.1 Å². The van der Waals surface area contributed by atoms with Crippen molar-refractivity contribution in [3.63, 3.8) is 0 Å². The van der Waals surface area contributed by atoms with E-state index in [0.717, 1.165) is 11.1 Å². The molecule has 0 aliphatic rings. The van der Waals surface area contributed by atoms with E-state index in [4.69, 9.17) is 18.2 Å². The molecule has 0 spiro atoms. The van der Waals surface area contributed by atoms with Gasteiger partial charge in [0.15, 0.2) is 0 Å². The molecule has 21 heavy (non-hydrogen) atoms. The van der Waals surface area contributed by atoms with Crippen molar-refractivity contribution in [2.75, 3.05) is 0 Å². The van der Waals surface area contributed by atoms with Crippen LogP contribution in [0.3, 0.4) is 0 Å². The molecular weight excluding hydrogens is 306 g/mol. The van der Waals surface area contributed by atoms with E-state index in [2.05, 4.69) is 4.85 Å². The van der Waals surface area contributed by atoms with Gasteiger partial charge in [0.2, 0.25) is 0 Å². The summed E-state index contributed by atoms with van der Waals surface area (Å²) in [6.07, 6.45) is 0. The van der Waals surface area contributed by atoms with Gasteiger partial charge in [0.05, 0.1) is 10.5 Å². The normalized spacial score (nSPS) is 12.7. The van der Waals surface area contributed by atoms with Gasteiger partial charge >= 0.3 is 5.37 Å². The van der Waals surface area contributed by atoms with Crippen LogP contribution in [0, 0.1) is 20.4 Å². The topological polar surface area (TPSA) is 38.5 Å². The number of rotatable bonds is 3. The van der Waals surface area contributed by atoms with Crippen LogP contribution in [0.1, 0.15) is 22.1 Å². The standard InChI is InChI=1S/C16H14ClNO2S/c1-11-4-7-14(8-5-11)21(19,20)16(18-3)13-6-9-15(17)12(2)10-13/h4-10,16H,1-2H3. The third-order valence-corrected chi connectivity index (χ3v) is 5.55. The quantitative estimate of drug-likeness (QED) is 0.789. The van der Waals surface area contributed by atoms with Crippen LogP contribution in [0.15, 0.2) is 47.4 Å². The molecular formula is C16H14ClNO2S. The summed E-state index contributed by atoms with van der Waals surface area (Å²) < 4.78 is 25.2. The van der Waals surface area contributed by atoms with Gasteiger partial charge in [-0.3, -0.25) is 4.85 Å². The maximum atomic E-state index is 12.6. The molecule has 1 atom stereocenters. The lowest BCUT2D eigenvalue weighted by Gasteiger charge is -2.09. The highest BCUT2D eigenvalue weighted by molar-refractivity contribution is 7.91. The molecule has 2 aromatic rings. The minimum atomic E-state index is -3.75. The smallest absolute Gasteiger partial charge is 0.291 e. The van der Waals surface area contributed by atoms with E-state index in [1.54, 1.807) is 37.3 Å². The minimum absolute atomic E-state index is 0.154. The Hall–Kier alpha value is -1.83. The molecule has 0 fully saturated rings. The summed E-state index contributed by atoms with van der Waals surface area (Å²) in [6.45, 7) is 10.9. The monoisotopic (exact) mass is 319 g/mol. The zero-order valence-corrected chi connectivity index (χ0v) is 13.2. The molecule has 0 N–H and O–H groups in total. The SMILES string of the molecule is [C-]#[N+]C(c1ccc(Cl)c(C)c1)S(=O)(=O)c1ccc(C)cc1. The first-order valence-corrected chi connectivity index (χ1v) is 8.22. The molecule has 108 valence electrons. The molecule has 2 aromatic carbocycles. The second kappa shape index (κ2) is 5.88. The van der Waals surface area contributed by atoms with Gasteiger partial charge in [-0.2, -0.15) is 0 Å². The molecule has 0 aliphatic carbocycles. The molecule has 1 unspecified atom stereocenters. The molecule has 0 aliphatic heterocycles. The van der Waals surface area contributed by atoms with E-state index in [0.29, 0.717) is 10.6 Å². The molecule has 0 amide bonds.